The van der Waals surface area contributed by atoms with E-state index >= 15 is 0 Å². The Labute approximate surface area is 128 Å². The summed E-state index contributed by atoms with van der Waals surface area (Å²) in [5, 5.41) is 0. The predicted molar refractivity (Wildman–Crippen MR) is 84.3 cm³/mol. The topological polar surface area (TPSA) is 46.6 Å². The van der Waals surface area contributed by atoms with Crippen LogP contribution in [0.2, 0.25) is 0 Å². The van der Waals surface area contributed by atoms with Crippen molar-refractivity contribution >= 4 is 10.0 Å². The van der Waals surface area contributed by atoms with Crippen LogP contribution in [0.1, 0.15) is 51.0 Å². The number of benzene rings is 1. The van der Waals surface area contributed by atoms with Crippen LogP contribution < -0.4 is 4.74 Å². The van der Waals surface area contributed by atoms with Crippen LogP contribution in [-0.4, -0.2) is 32.9 Å². The normalized spacial score (nSPS) is 17.7. The van der Waals surface area contributed by atoms with Gasteiger partial charge in [0.2, 0.25) is 10.0 Å². The summed E-state index contributed by atoms with van der Waals surface area (Å²) < 4.78 is 32.6. The molecule has 0 amide bonds. The fourth-order valence-electron chi connectivity index (χ4n) is 2.76. The van der Waals surface area contributed by atoms with Gasteiger partial charge in [-0.3, -0.25) is 0 Å². The molecule has 0 aromatic heterocycles. The molecule has 1 fully saturated rings. The second-order valence-corrected chi connectivity index (χ2v) is 7.81. The molecular weight excluding hydrogens is 286 g/mol. The van der Waals surface area contributed by atoms with Crippen LogP contribution in [0.25, 0.3) is 0 Å². The predicted octanol–water partition coefficient (Wildman–Crippen LogP) is 3.38. The Bertz CT molecular complexity index is 573. The molecule has 2 rings (SSSR count). The van der Waals surface area contributed by atoms with Gasteiger partial charge in [0.25, 0.3) is 0 Å². The highest BCUT2D eigenvalue weighted by atomic mass is 32.2. The van der Waals surface area contributed by atoms with Crippen LogP contribution in [-0.2, 0) is 10.0 Å². The van der Waals surface area contributed by atoms with Crippen molar-refractivity contribution in [1.82, 2.24) is 4.31 Å². The monoisotopic (exact) mass is 311 g/mol. The first-order chi connectivity index (χ1) is 9.96. The SMILES string of the molecule is COc1ccc(S(=O)(=O)N2CCCCCC2)cc1C(C)C. The van der Waals surface area contributed by atoms with Gasteiger partial charge in [0.1, 0.15) is 5.75 Å². The first kappa shape index (κ1) is 16.3. The lowest BCUT2D eigenvalue weighted by molar-refractivity contribution is 0.406. The molecule has 0 saturated carbocycles. The van der Waals surface area contributed by atoms with E-state index < -0.39 is 10.0 Å². The maximum atomic E-state index is 12.8. The number of methoxy groups -OCH3 is 1. The lowest BCUT2D eigenvalue weighted by Crippen LogP contribution is -2.32. The Morgan fingerprint density at radius 1 is 1.10 bits per heavy atom. The molecule has 1 aliphatic rings. The van der Waals surface area contributed by atoms with Gasteiger partial charge in [-0.2, -0.15) is 4.31 Å². The molecule has 0 aliphatic carbocycles. The van der Waals surface area contributed by atoms with Crippen molar-refractivity contribution in [2.75, 3.05) is 20.2 Å². The maximum Gasteiger partial charge on any atom is 0.243 e. The van der Waals surface area contributed by atoms with Crippen LogP contribution in [0.15, 0.2) is 23.1 Å². The standard InChI is InChI=1S/C16H25NO3S/c1-13(2)15-12-14(8-9-16(15)20-3)21(18,19)17-10-6-4-5-7-11-17/h8-9,12-13H,4-7,10-11H2,1-3H3. The molecule has 4 nitrogen and oxygen atoms in total. The van der Waals surface area contributed by atoms with E-state index in [1.165, 1.54) is 0 Å². The van der Waals surface area contributed by atoms with Crippen molar-refractivity contribution in [3.8, 4) is 5.75 Å². The number of hydrogen-bond acceptors (Lipinski definition) is 3. The van der Waals surface area contributed by atoms with Crippen LogP contribution in [0.4, 0.5) is 0 Å². The summed E-state index contributed by atoms with van der Waals surface area (Å²) in [6, 6.07) is 5.19. The zero-order valence-corrected chi connectivity index (χ0v) is 13.9. The van der Waals surface area contributed by atoms with Crippen LogP contribution in [0.3, 0.4) is 0 Å². The first-order valence-electron chi connectivity index (χ1n) is 7.65. The summed E-state index contributed by atoms with van der Waals surface area (Å²) >= 11 is 0. The summed E-state index contributed by atoms with van der Waals surface area (Å²) in [5.41, 5.74) is 0.938. The smallest absolute Gasteiger partial charge is 0.243 e. The van der Waals surface area contributed by atoms with Crippen molar-refractivity contribution in [2.24, 2.45) is 0 Å². The largest absolute Gasteiger partial charge is 0.496 e. The van der Waals surface area contributed by atoms with Crippen molar-refractivity contribution in [1.29, 1.82) is 0 Å². The van der Waals surface area contributed by atoms with Crippen molar-refractivity contribution in [3.63, 3.8) is 0 Å². The second-order valence-electron chi connectivity index (χ2n) is 5.88. The average molecular weight is 311 g/mol. The second kappa shape index (κ2) is 6.79. The summed E-state index contributed by atoms with van der Waals surface area (Å²) in [5.74, 6) is 0.971. The molecule has 1 saturated heterocycles. The highest BCUT2D eigenvalue weighted by Gasteiger charge is 2.26. The molecule has 0 bridgehead atoms. The Morgan fingerprint density at radius 3 is 2.24 bits per heavy atom. The first-order valence-corrected chi connectivity index (χ1v) is 9.09. The van der Waals surface area contributed by atoms with E-state index in [-0.39, 0.29) is 5.92 Å². The van der Waals surface area contributed by atoms with E-state index in [4.69, 9.17) is 4.74 Å². The Morgan fingerprint density at radius 2 is 1.71 bits per heavy atom. The Kier molecular flexibility index (Phi) is 5.27. The van der Waals surface area contributed by atoms with E-state index in [0.29, 0.717) is 18.0 Å². The molecule has 1 aromatic rings. The van der Waals surface area contributed by atoms with E-state index in [0.717, 1.165) is 37.0 Å². The van der Waals surface area contributed by atoms with Crippen molar-refractivity contribution in [3.05, 3.63) is 23.8 Å². The quantitative estimate of drug-likeness (QED) is 0.856. The Hall–Kier alpha value is -1.07. The lowest BCUT2D eigenvalue weighted by Gasteiger charge is -2.21. The van der Waals surface area contributed by atoms with Gasteiger partial charge in [-0.05, 0) is 42.5 Å². The minimum absolute atomic E-state index is 0.222. The number of hydrogen-bond donors (Lipinski definition) is 0. The van der Waals surface area contributed by atoms with E-state index in [9.17, 15) is 8.42 Å². The number of ether oxygens (including phenoxy) is 1. The molecule has 21 heavy (non-hydrogen) atoms. The lowest BCUT2D eigenvalue weighted by atomic mass is 10.0. The molecule has 0 atom stereocenters. The molecule has 5 heteroatoms. The minimum atomic E-state index is -3.39. The number of rotatable bonds is 4. The number of nitrogens with zero attached hydrogens (tertiary/aromatic N) is 1. The highest BCUT2D eigenvalue weighted by Crippen LogP contribution is 2.30. The number of sulfonamides is 1. The van der Waals surface area contributed by atoms with Crippen molar-refractivity contribution in [2.45, 2.75) is 50.3 Å². The third-order valence-corrected chi connectivity index (χ3v) is 5.92. The molecule has 0 unspecified atom stereocenters. The van der Waals surface area contributed by atoms with Gasteiger partial charge < -0.3 is 4.74 Å². The van der Waals surface area contributed by atoms with E-state index in [1.807, 2.05) is 13.8 Å². The fraction of sp³-hybridized carbons (Fsp3) is 0.625. The van der Waals surface area contributed by atoms with Gasteiger partial charge >= 0.3 is 0 Å². The highest BCUT2D eigenvalue weighted by molar-refractivity contribution is 7.89. The summed E-state index contributed by atoms with van der Waals surface area (Å²) in [6.45, 7) is 5.34. The molecule has 1 aromatic carbocycles. The molecule has 0 spiro atoms. The average Bonchev–Trinajstić information content (AvgIpc) is 2.76. The van der Waals surface area contributed by atoms with E-state index in [1.54, 1.807) is 29.6 Å². The summed E-state index contributed by atoms with van der Waals surface area (Å²) in [4.78, 5) is 0.383. The van der Waals surface area contributed by atoms with Gasteiger partial charge in [0, 0.05) is 13.1 Å². The van der Waals surface area contributed by atoms with Gasteiger partial charge in [0.05, 0.1) is 12.0 Å². The zero-order chi connectivity index (χ0) is 15.5. The molecule has 0 N–H and O–H groups in total. The molecule has 0 radical (unpaired) electrons. The maximum absolute atomic E-state index is 12.8. The Balaban J connectivity index is 2.37. The van der Waals surface area contributed by atoms with Gasteiger partial charge in [-0.15, -0.1) is 0 Å². The van der Waals surface area contributed by atoms with Crippen LogP contribution >= 0.6 is 0 Å². The van der Waals surface area contributed by atoms with Crippen LogP contribution in [0.5, 0.6) is 5.75 Å². The van der Waals surface area contributed by atoms with Gasteiger partial charge in [-0.25, -0.2) is 8.42 Å². The molecule has 118 valence electrons. The molecule has 1 aliphatic heterocycles. The van der Waals surface area contributed by atoms with E-state index in [2.05, 4.69) is 0 Å². The third-order valence-electron chi connectivity index (χ3n) is 4.03. The van der Waals surface area contributed by atoms with Crippen LogP contribution in [0, 0.1) is 0 Å². The fourth-order valence-corrected chi connectivity index (χ4v) is 4.31. The molecule has 1 heterocycles. The summed E-state index contributed by atoms with van der Waals surface area (Å²) in [7, 11) is -1.77. The van der Waals surface area contributed by atoms with Crippen molar-refractivity contribution < 1.29 is 13.2 Å². The minimum Gasteiger partial charge on any atom is -0.496 e. The zero-order valence-electron chi connectivity index (χ0n) is 13.1. The third kappa shape index (κ3) is 3.58. The summed E-state index contributed by atoms with van der Waals surface area (Å²) in [6.07, 6.45) is 4.14. The van der Waals surface area contributed by atoms with Gasteiger partial charge in [-0.1, -0.05) is 26.7 Å². The van der Waals surface area contributed by atoms with Gasteiger partial charge in [0.15, 0.2) is 0 Å². The molecular formula is C16H25NO3S.